The summed E-state index contributed by atoms with van der Waals surface area (Å²) in [4.78, 5) is 31.9. The van der Waals surface area contributed by atoms with Crippen molar-refractivity contribution in [3.8, 4) is 6.07 Å². The Balaban J connectivity index is 1.31. The van der Waals surface area contributed by atoms with Crippen LogP contribution in [0.15, 0.2) is 18.2 Å². The summed E-state index contributed by atoms with van der Waals surface area (Å²) in [5.41, 5.74) is 4.33. The highest BCUT2D eigenvalue weighted by Crippen LogP contribution is 2.38. The first-order chi connectivity index (χ1) is 15.9. The number of nitrogens with one attached hydrogen (secondary N) is 2. The Bertz CT molecular complexity index is 1120. The highest BCUT2D eigenvalue weighted by atomic mass is 16.2. The van der Waals surface area contributed by atoms with Crippen LogP contribution in [0, 0.1) is 23.2 Å². The lowest BCUT2D eigenvalue weighted by atomic mass is 9.76. The molecule has 2 aromatic rings. The molecule has 0 saturated heterocycles. The zero-order valence-electron chi connectivity index (χ0n) is 19.7. The molecule has 2 amide bonds. The molecule has 0 radical (unpaired) electrons. The maximum absolute atomic E-state index is 13.7. The van der Waals surface area contributed by atoms with Crippen LogP contribution in [-0.4, -0.2) is 33.8 Å². The minimum absolute atomic E-state index is 0.0673. The van der Waals surface area contributed by atoms with Crippen LogP contribution in [0.25, 0.3) is 10.9 Å². The maximum atomic E-state index is 13.7. The summed E-state index contributed by atoms with van der Waals surface area (Å²) in [6.07, 6.45) is 6.54. The molecule has 174 valence electrons. The summed E-state index contributed by atoms with van der Waals surface area (Å²) < 4.78 is 0. The third-order valence-electron chi connectivity index (χ3n) is 7.99. The van der Waals surface area contributed by atoms with E-state index in [9.17, 15) is 14.9 Å². The lowest BCUT2D eigenvalue weighted by Crippen LogP contribution is -2.44. The van der Waals surface area contributed by atoms with Crippen molar-refractivity contribution in [3.05, 3.63) is 35.0 Å². The van der Waals surface area contributed by atoms with E-state index in [-0.39, 0.29) is 23.7 Å². The SMILES string of the molecule is CC(C)c1ccc2[nH]c3c(c2c1)CN(C(=O)[C@@H]1CCCC[C@@H]1CC(=O)NC1(C#N)CC1)CC3. The van der Waals surface area contributed by atoms with E-state index in [1.807, 2.05) is 4.90 Å². The van der Waals surface area contributed by atoms with Gasteiger partial charge in [-0.1, -0.05) is 32.8 Å². The molecular weight excluding hydrogens is 412 g/mol. The van der Waals surface area contributed by atoms with Crippen molar-refractivity contribution in [1.29, 1.82) is 5.26 Å². The van der Waals surface area contributed by atoms with Gasteiger partial charge < -0.3 is 15.2 Å². The molecule has 2 N–H and O–H groups in total. The summed E-state index contributed by atoms with van der Waals surface area (Å²) in [6.45, 7) is 5.78. The average molecular weight is 447 g/mol. The number of hydrogen-bond donors (Lipinski definition) is 2. The van der Waals surface area contributed by atoms with Crippen LogP contribution in [0.1, 0.15) is 81.5 Å². The number of nitriles is 1. The van der Waals surface area contributed by atoms with Crippen LogP contribution in [0.5, 0.6) is 0 Å². The van der Waals surface area contributed by atoms with E-state index in [1.54, 1.807) is 0 Å². The topological polar surface area (TPSA) is 89.0 Å². The van der Waals surface area contributed by atoms with Crippen LogP contribution in [-0.2, 0) is 22.6 Å². The summed E-state index contributed by atoms with van der Waals surface area (Å²) >= 11 is 0. The number of aromatic amines is 1. The number of carbonyl (C=O) groups excluding carboxylic acids is 2. The molecule has 2 fully saturated rings. The quantitative estimate of drug-likeness (QED) is 0.706. The van der Waals surface area contributed by atoms with E-state index >= 15 is 0 Å². The van der Waals surface area contributed by atoms with Crippen LogP contribution in [0.2, 0.25) is 0 Å². The van der Waals surface area contributed by atoms with Crippen molar-refractivity contribution in [1.82, 2.24) is 15.2 Å². The average Bonchev–Trinajstić information content (AvgIpc) is 3.49. The fourth-order valence-corrected chi connectivity index (χ4v) is 5.74. The smallest absolute Gasteiger partial charge is 0.226 e. The van der Waals surface area contributed by atoms with E-state index in [1.165, 1.54) is 22.2 Å². The number of H-pyrrole nitrogens is 1. The third kappa shape index (κ3) is 4.26. The van der Waals surface area contributed by atoms with Crippen molar-refractivity contribution < 1.29 is 9.59 Å². The second kappa shape index (κ2) is 8.52. The summed E-state index contributed by atoms with van der Waals surface area (Å²) in [5, 5.41) is 13.4. The van der Waals surface area contributed by atoms with Crippen molar-refractivity contribution in [2.45, 2.75) is 83.2 Å². The predicted octanol–water partition coefficient (Wildman–Crippen LogP) is 4.54. The molecule has 3 aliphatic rings. The van der Waals surface area contributed by atoms with Gasteiger partial charge >= 0.3 is 0 Å². The van der Waals surface area contributed by atoms with Crippen LogP contribution in [0.4, 0.5) is 0 Å². The highest BCUT2D eigenvalue weighted by molar-refractivity contribution is 5.87. The Morgan fingerprint density at radius 3 is 2.79 bits per heavy atom. The molecule has 2 aliphatic carbocycles. The molecule has 6 nitrogen and oxygen atoms in total. The zero-order chi connectivity index (χ0) is 23.2. The van der Waals surface area contributed by atoms with E-state index in [0.29, 0.717) is 18.9 Å². The second-order valence-corrected chi connectivity index (χ2v) is 10.6. The van der Waals surface area contributed by atoms with Gasteiger partial charge in [-0.3, -0.25) is 9.59 Å². The van der Waals surface area contributed by atoms with E-state index < -0.39 is 5.54 Å². The van der Waals surface area contributed by atoms with Gasteiger partial charge in [0.05, 0.1) is 6.07 Å². The molecule has 6 heteroatoms. The van der Waals surface area contributed by atoms with E-state index in [0.717, 1.165) is 57.0 Å². The van der Waals surface area contributed by atoms with Gasteiger partial charge in [0.15, 0.2) is 0 Å². The number of carbonyl (C=O) groups is 2. The van der Waals surface area contributed by atoms with Gasteiger partial charge in [0.1, 0.15) is 5.54 Å². The highest BCUT2D eigenvalue weighted by Gasteiger charge is 2.45. The van der Waals surface area contributed by atoms with E-state index in [4.69, 9.17) is 0 Å². The number of fused-ring (bicyclic) bond motifs is 3. The summed E-state index contributed by atoms with van der Waals surface area (Å²) in [5.74, 6) is 0.565. The molecular formula is C27H34N4O2. The molecule has 1 aliphatic heterocycles. The fourth-order valence-electron chi connectivity index (χ4n) is 5.74. The van der Waals surface area contributed by atoms with Crippen LogP contribution >= 0.6 is 0 Å². The lowest BCUT2D eigenvalue weighted by molar-refractivity contribution is -0.140. The second-order valence-electron chi connectivity index (χ2n) is 10.6. The van der Waals surface area contributed by atoms with Gasteiger partial charge in [-0.15, -0.1) is 0 Å². The molecule has 0 spiro atoms. The molecule has 5 rings (SSSR count). The van der Waals surface area contributed by atoms with Crippen LogP contribution < -0.4 is 5.32 Å². The molecule has 33 heavy (non-hydrogen) atoms. The van der Waals surface area contributed by atoms with Crippen molar-refractivity contribution in [3.63, 3.8) is 0 Å². The molecule has 1 aromatic carbocycles. The van der Waals surface area contributed by atoms with Crippen molar-refractivity contribution in [2.24, 2.45) is 11.8 Å². The minimum atomic E-state index is -0.640. The molecule has 2 heterocycles. The number of nitrogens with zero attached hydrogens (tertiary/aromatic N) is 2. The number of benzene rings is 1. The molecule has 0 bridgehead atoms. The minimum Gasteiger partial charge on any atom is -0.358 e. The Kier molecular flexibility index (Phi) is 5.68. The fraction of sp³-hybridized carbons (Fsp3) is 0.593. The number of aromatic nitrogens is 1. The van der Waals surface area contributed by atoms with Gasteiger partial charge in [0.25, 0.3) is 0 Å². The Morgan fingerprint density at radius 2 is 2.06 bits per heavy atom. The first-order valence-corrected chi connectivity index (χ1v) is 12.5. The first-order valence-electron chi connectivity index (χ1n) is 12.5. The van der Waals surface area contributed by atoms with E-state index in [2.05, 4.69) is 48.4 Å². The first kappa shape index (κ1) is 22.0. The molecule has 1 aromatic heterocycles. The lowest BCUT2D eigenvalue weighted by Gasteiger charge is -2.36. The third-order valence-corrected chi connectivity index (χ3v) is 7.99. The van der Waals surface area contributed by atoms with Gasteiger partial charge in [-0.05, 0) is 55.2 Å². The standard InChI is InChI=1S/C27H34N4O2/c1-17(2)18-7-8-23-21(13-18)22-15-31(12-9-24(22)29-23)26(33)20-6-4-3-5-19(20)14-25(32)30-27(16-28)10-11-27/h7-8,13,17,19-20,29H,3-6,9-12,14-15H2,1-2H3,(H,30,32)/t19-,20-/m1/s1. The van der Waals surface area contributed by atoms with Crippen LogP contribution in [0.3, 0.4) is 0 Å². The monoisotopic (exact) mass is 446 g/mol. The molecule has 0 unspecified atom stereocenters. The summed E-state index contributed by atoms with van der Waals surface area (Å²) in [7, 11) is 0. The number of amides is 2. The van der Waals surface area contributed by atoms with Gasteiger partial charge in [-0.2, -0.15) is 5.26 Å². The summed E-state index contributed by atoms with van der Waals surface area (Å²) in [6, 6.07) is 8.86. The Morgan fingerprint density at radius 1 is 1.27 bits per heavy atom. The zero-order valence-corrected chi connectivity index (χ0v) is 19.7. The number of rotatable bonds is 5. The largest absolute Gasteiger partial charge is 0.358 e. The molecule has 2 saturated carbocycles. The molecule has 2 atom stereocenters. The van der Waals surface area contributed by atoms with Gasteiger partial charge in [0, 0.05) is 54.0 Å². The maximum Gasteiger partial charge on any atom is 0.226 e. The van der Waals surface area contributed by atoms with Gasteiger partial charge in [0.2, 0.25) is 11.8 Å². The Hall–Kier alpha value is -2.81. The van der Waals surface area contributed by atoms with Crippen molar-refractivity contribution >= 4 is 22.7 Å². The predicted molar refractivity (Wildman–Crippen MR) is 127 cm³/mol. The number of hydrogen-bond acceptors (Lipinski definition) is 3. The van der Waals surface area contributed by atoms with Gasteiger partial charge in [-0.25, -0.2) is 0 Å². The normalized spacial score (nSPS) is 23.8. The van der Waals surface area contributed by atoms with Crippen molar-refractivity contribution in [2.75, 3.05) is 6.54 Å². The Labute approximate surface area is 195 Å².